The molecule has 0 aromatic heterocycles. The third-order valence-corrected chi connectivity index (χ3v) is 7.51. The van der Waals surface area contributed by atoms with Gasteiger partial charge in [-0.1, -0.05) is 35.9 Å². The van der Waals surface area contributed by atoms with E-state index in [2.05, 4.69) is 10.0 Å². The van der Waals surface area contributed by atoms with E-state index in [9.17, 15) is 13.2 Å². The number of anilines is 1. The van der Waals surface area contributed by atoms with Gasteiger partial charge in [0.1, 0.15) is 0 Å². The van der Waals surface area contributed by atoms with E-state index in [1.165, 1.54) is 0 Å². The molecule has 1 fully saturated rings. The van der Waals surface area contributed by atoms with Crippen LogP contribution in [0.1, 0.15) is 39.9 Å². The van der Waals surface area contributed by atoms with Crippen LogP contribution >= 0.6 is 11.6 Å². The number of halogens is 1. The van der Waals surface area contributed by atoms with Gasteiger partial charge in [0.25, 0.3) is 15.9 Å². The Morgan fingerprint density at radius 3 is 2.31 bits per heavy atom. The Morgan fingerprint density at radius 1 is 0.906 bits per heavy atom. The molecule has 32 heavy (non-hydrogen) atoms. The highest BCUT2D eigenvalue weighted by atomic mass is 35.5. The molecule has 2 N–H and O–H groups in total. The number of aryl methyl sites for hydroxylation is 3. The molecule has 0 spiro atoms. The van der Waals surface area contributed by atoms with Gasteiger partial charge in [0, 0.05) is 22.3 Å². The monoisotopic (exact) mass is 468 g/mol. The van der Waals surface area contributed by atoms with Gasteiger partial charge in [-0.25, -0.2) is 8.42 Å². The highest BCUT2D eigenvalue weighted by Gasteiger charge is 2.24. The number of carbonyl (C=O) groups excluding carboxylic acids is 1. The molecule has 0 atom stereocenters. The summed E-state index contributed by atoms with van der Waals surface area (Å²) in [5, 5.41) is 3.54. The molecule has 4 rings (SSSR count). The lowest BCUT2D eigenvalue weighted by Crippen LogP contribution is -2.26. The summed E-state index contributed by atoms with van der Waals surface area (Å²) in [7, 11) is -3.78. The van der Waals surface area contributed by atoms with Crippen LogP contribution in [0.2, 0.25) is 5.02 Å². The molecule has 0 bridgehead atoms. The average molecular weight is 469 g/mol. The molecule has 166 valence electrons. The van der Waals surface area contributed by atoms with Gasteiger partial charge in [-0.15, -0.1) is 0 Å². The maximum absolute atomic E-state index is 13.0. The normalized spacial score (nSPS) is 13.6. The van der Waals surface area contributed by atoms with Crippen molar-refractivity contribution in [3.63, 3.8) is 0 Å². The molecule has 0 heterocycles. The molecular formula is C25H25ClN2O3S. The second-order valence-corrected chi connectivity index (χ2v) is 10.4. The summed E-state index contributed by atoms with van der Waals surface area (Å²) in [6.07, 6.45) is 2.08. The number of nitrogens with one attached hydrogen (secondary N) is 2. The highest BCUT2D eigenvalue weighted by Crippen LogP contribution is 2.29. The van der Waals surface area contributed by atoms with Gasteiger partial charge in [0.15, 0.2) is 0 Å². The molecule has 0 aliphatic heterocycles. The maximum atomic E-state index is 13.0. The predicted octanol–water partition coefficient (Wildman–Crippen LogP) is 5.63. The second kappa shape index (κ2) is 8.60. The number of rotatable bonds is 6. The molecule has 1 aliphatic rings. The number of hydrogen-bond donors (Lipinski definition) is 2. The van der Waals surface area contributed by atoms with Crippen LogP contribution in [0.4, 0.5) is 5.69 Å². The highest BCUT2D eigenvalue weighted by molar-refractivity contribution is 7.92. The average Bonchev–Trinajstić information content (AvgIpc) is 3.54. The zero-order valence-electron chi connectivity index (χ0n) is 18.2. The third-order valence-electron chi connectivity index (χ3n) is 5.58. The minimum atomic E-state index is -3.78. The van der Waals surface area contributed by atoms with Crippen molar-refractivity contribution in [3.8, 4) is 11.1 Å². The van der Waals surface area contributed by atoms with Crippen LogP contribution in [-0.4, -0.2) is 20.4 Å². The van der Waals surface area contributed by atoms with Crippen LogP contribution in [0.25, 0.3) is 11.1 Å². The fraction of sp³-hybridized carbons (Fsp3) is 0.240. The number of benzene rings is 3. The SMILES string of the molecule is Cc1cc(S(=O)(=O)Nc2cccc(-c3ccc(C(=O)NC4CC4)c(C)c3)c2)c(C)cc1Cl. The largest absolute Gasteiger partial charge is 0.349 e. The topological polar surface area (TPSA) is 75.3 Å². The van der Waals surface area contributed by atoms with Crippen LogP contribution in [0.3, 0.4) is 0 Å². The van der Waals surface area contributed by atoms with E-state index >= 15 is 0 Å². The van der Waals surface area contributed by atoms with Gasteiger partial charge in [-0.05, 0) is 91.8 Å². The van der Waals surface area contributed by atoms with Crippen LogP contribution < -0.4 is 10.0 Å². The molecule has 7 heteroatoms. The molecule has 1 aliphatic carbocycles. The Kier molecular flexibility index (Phi) is 6.01. The Hall–Kier alpha value is -2.83. The summed E-state index contributed by atoms with van der Waals surface area (Å²) < 4.78 is 28.7. The Balaban J connectivity index is 1.59. The van der Waals surface area contributed by atoms with Crippen molar-refractivity contribution < 1.29 is 13.2 Å². The van der Waals surface area contributed by atoms with Crippen LogP contribution in [0, 0.1) is 20.8 Å². The molecule has 3 aromatic rings. The first-order chi connectivity index (χ1) is 15.1. The first kappa shape index (κ1) is 22.4. The van der Waals surface area contributed by atoms with Crippen LogP contribution in [0.15, 0.2) is 59.5 Å². The lowest BCUT2D eigenvalue weighted by molar-refractivity contribution is 0.0950. The fourth-order valence-corrected chi connectivity index (χ4v) is 5.19. The quantitative estimate of drug-likeness (QED) is 0.492. The first-order valence-electron chi connectivity index (χ1n) is 10.5. The molecule has 1 saturated carbocycles. The van der Waals surface area contributed by atoms with Crippen molar-refractivity contribution in [2.75, 3.05) is 4.72 Å². The zero-order chi connectivity index (χ0) is 23.0. The Labute approximate surface area is 193 Å². The van der Waals surface area contributed by atoms with Crippen molar-refractivity contribution in [1.29, 1.82) is 0 Å². The maximum Gasteiger partial charge on any atom is 0.262 e. The van der Waals surface area contributed by atoms with Crippen molar-refractivity contribution in [3.05, 3.63) is 81.9 Å². The standard InChI is InChI=1S/C25H25ClN2O3S/c1-15-11-19(7-10-22(15)25(29)27-20-8-9-20)18-5-4-6-21(14-18)28-32(30,31)24-13-16(2)23(26)12-17(24)3/h4-7,10-14,20,28H,8-9H2,1-3H3,(H,27,29). The molecule has 0 radical (unpaired) electrons. The second-order valence-electron chi connectivity index (χ2n) is 8.33. The van der Waals surface area contributed by atoms with Crippen LogP contribution in [0.5, 0.6) is 0 Å². The first-order valence-corrected chi connectivity index (χ1v) is 12.3. The lowest BCUT2D eigenvalue weighted by Gasteiger charge is -2.13. The summed E-state index contributed by atoms with van der Waals surface area (Å²) in [5.74, 6) is -0.0494. The van der Waals surface area contributed by atoms with Gasteiger partial charge in [0.2, 0.25) is 0 Å². The van der Waals surface area contributed by atoms with E-state index in [0.29, 0.717) is 33.4 Å². The summed E-state index contributed by atoms with van der Waals surface area (Å²) in [6.45, 7) is 5.40. The molecule has 1 amide bonds. The van der Waals surface area contributed by atoms with Crippen molar-refractivity contribution in [2.45, 2.75) is 44.6 Å². The molecule has 3 aromatic carbocycles. The van der Waals surface area contributed by atoms with E-state index in [1.54, 1.807) is 44.2 Å². The number of amides is 1. The van der Waals surface area contributed by atoms with Gasteiger partial charge in [0.05, 0.1) is 4.90 Å². The van der Waals surface area contributed by atoms with E-state index in [-0.39, 0.29) is 10.8 Å². The predicted molar refractivity (Wildman–Crippen MR) is 129 cm³/mol. The number of hydrogen-bond acceptors (Lipinski definition) is 3. The summed E-state index contributed by atoms with van der Waals surface area (Å²) in [4.78, 5) is 12.6. The van der Waals surface area contributed by atoms with Gasteiger partial charge in [-0.2, -0.15) is 0 Å². The third kappa shape index (κ3) is 4.81. The number of sulfonamides is 1. The Morgan fingerprint density at radius 2 is 1.62 bits per heavy atom. The smallest absolute Gasteiger partial charge is 0.262 e. The zero-order valence-corrected chi connectivity index (χ0v) is 19.8. The molecule has 5 nitrogen and oxygen atoms in total. The number of carbonyl (C=O) groups is 1. The summed E-state index contributed by atoms with van der Waals surface area (Å²) in [5.41, 5.74) is 5.04. The fourth-order valence-electron chi connectivity index (χ4n) is 3.61. The van der Waals surface area contributed by atoms with Crippen molar-refractivity contribution in [2.24, 2.45) is 0 Å². The molecular weight excluding hydrogens is 444 g/mol. The van der Waals surface area contributed by atoms with E-state index in [0.717, 1.165) is 29.5 Å². The molecule has 0 unspecified atom stereocenters. The minimum absolute atomic E-state index is 0.0494. The van der Waals surface area contributed by atoms with E-state index in [1.807, 2.05) is 31.2 Å². The summed E-state index contributed by atoms with van der Waals surface area (Å²) in [6, 6.07) is 16.4. The van der Waals surface area contributed by atoms with E-state index < -0.39 is 10.0 Å². The minimum Gasteiger partial charge on any atom is -0.349 e. The van der Waals surface area contributed by atoms with Crippen molar-refractivity contribution >= 4 is 33.2 Å². The van der Waals surface area contributed by atoms with Crippen molar-refractivity contribution in [1.82, 2.24) is 5.32 Å². The van der Waals surface area contributed by atoms with Gasteiger partial charge >= 0.3 is 0 Å². The molecule has 0 saturated heterocycles. The lowest BCUT2D eigenvalue weighted by atomic mass is 9.99. The van der Waals surface area contributed by atoms with E-state index in [4.69, 9.17) is 11.6 Å². The van der Waals surface area contributed by atoms with Crippen LogP contribution in [-0.2, 0) is 10.0 Å². The summed E-state index contributed by atoms with van der Waals surface area (Å²) >= 11 is 6.12. The van der Waals surface area contributed by atoms with Gasteiger partial charge < -0.3 is 5.32 Å². The Bertz CT molecular complexity index is 1310. The van der Waals surface area contributed by atoms with Gasteiger partial charge in [-0.3, -0.25) is 9.52 Å².